The first kappa shape index (κ1) is 95.0. The zero-order valence-corrected chi connectivity index (χ0v) is 82.3. The van der Waals surface area contributed by atoms with Crippen LogP contribution in [-0.4, -0.2) is 237 Å². The van der Waals surface area contributed by atoms with E-state index in [1.807, 2.05) is 54.6 Å². The number of amides is 5. The molecule has 0 aromatic heterocycles. The van der Waals surface area contributed by atoms with Crippen LogP contribution in [0.1, 0.15) is 347 Å². The molecular formula is C115H153N11O11. The van der Waals surface area contributed by atoms with Gasteiger partial charge in [0, 0.05) is 117 Å². The van der Waals surface area contributed by atoms with Crippen molar-refractivity contribution in [3.8, 4) is 0 Å². The number of nitrogens with zero attached hydrogens (tertiary/aromatic N) is 6. The summed E-state index contributed by atoms with van der Waals surface area (Å²) in [4.78, 5) is 85.1. The van der Waals surface area contributed by atoms with Crippen LogP contribution in [-0.2, 0) is 71.0 Å². The molecule has 6 heterocycles. The van der Waals surface area contributed by atoms with Gasteiger partial charge in [0.1, 0.15) is 0 Å². The van der Waals surface area contributed by atoms with Gasteiger partial charge in [0.05, 0.1) is 28.0 Å². The Morgan fingerprint density at radius 3 is 0.993 bits per heavy atom. The van der Waals surface area contributed by atoms with Gasteiger partial charge in [0.15, 0.2) is 0 Å². The quantitative estimate of drug-likeness (QED) is 0.0609. The molecule has 734 valence electrons. The normalized spacial score (nSPS) is 36.3. The van der Waals surface area contributed by atoms with E-state index in [0.29, 0.717) is 50.3 Å². The van der Waals surface area contributed by atoms with Gasteiger partial charge in [-0.1, -0.05) is 113 Å². The predicted octanol–water partition coefficient (Wildman–Crippen LogP) is 13.7. The van der Waals surface area contributed by atoms with Gasteiger partial charge < -0.3 is 73.4 Å². The van der Waals surface area contributed by atoms with Gasteiger partial charge in [0.25, 0.3) is 5.91 Å². The molecular weight excluding hydrogens is 1710 g/mol. The van der Waals surface area contributed by atoms with Gasteiger partial charge >= 0.3 is 5.97 Å². The Balaban J connectivity index is 0.0000000982. The summed E-state index contributed by atoms with van der Waals surface area (Å²) >= 11 is 0. The summed E-state index contributed by atoms with van der Waals surface area (Å²) < 4.78 is 0. The van der Waals surface area contributed by atoms with Crippen LogP contribution >= 0.6 is 0 Å². The van der Waals surface area contributed by atoms with E-state index in [1.54, 1.807) is 13.1 Å². The molecule has 22 nitrogen and oxygen atoms in total. The number of piperidine rings is 6. The third kappa shape index (κ3) is 15.4. The van der Waals surface area contributed by atoms with Crippen LogP contribution in [0.2, 0.25) is 0 Å². The number of primary amides is 4. The van der Waals surface area contributed by atoms with Crippen LogP contribution in [0.3, 0.4) is 0 Å². The van der Waals surface area contributed by atoms with Crippen molar-refractivity contribution in [2.24, 2.45) is 46.6 Å². The van der Waals surface area contributed by atoms with Gasteiger partial charge in [-0.15, -0.1) is 0 Å². The fourth-order valence-corrected chi connectivity index (χ4v) is 33.8. The highest BCUT2D eigenvalue weighted by atomic mass is 16.4. The SMILES string of the molecule is CN1CCC23CCCCC2(O)C1Cc1ccc(C(=O)O)cc13.CN1CCC23CCCCC2(O)C1Cc1ccc(C(N)=O)cc13.CN1CCC23CCCCC2C1Cc1ccc(C(N)=O)cc13.CNC(=O)c1ccc2c(c1)C13CCCCC1(O)C(C2)N(C)CC3.NC(=O)c1ccc2c(c1)C13CCCCC1(O)C(C2)N(CC1CC1)CC3.NC(=O)c1ccc2c(c1)C13CCCCC1C(C2)N(CC1CC1)CC3. The summed E-state index contributed by atoms with van der Waals surface area (Å²) in [5.41, 5.74) is 38.7. The number of aliphatic hydroxyl groups is 4. The second kappa shape index (κ2) is 36.0. The fraction of sp³-hybridized carbons (Fsp3) is 0.635. The van der Waals surface area contributed by atoms with Crippen molar-refractivity contribution >= 4 is 35.5 Å². The molecule has 22 heteroatoms. The highest BCUT2D eigenvalue weighted by Crippen LogP contribution is 2.65. The molecule has 18 unspecified atom stereocenters. The molecule has 6 saturated heterocycles. The lowest BCUT2D eigenvalue weighted by atomic mass is 9.49. The van der Waals surface area contributed by atoms with E-state index in [9.17, 15) is 54.3 Å². The molecule has 5 amide bonds. The first-order chi connectivity index (χ1) is 65.8. The van der Waals surface area contributed by atoms with E-state index < -0.39 is 28.4 Å². The summed E-state index contributed by atoms with van der Waals surface area (Å²) in [5.74, 6) is 1.12. The van der Waals surface area contributed by atoms with E-state index >= 15 is 0 Å². The standard InChI is InChI=1S/C21H28N2O2.C21H28N2O.C19H26N2O2.C18H24N2O2.C18H24N2O.C18H23NO3/c22-19(24)16-6-5-15-12-18-21(25)8-2-1-7-20(21,17(15)11-16)9-10-23(18)13-14-3-4-14;22-20(24)16-7-6-15-12-19-17-3-1-2-8-21(17,18(15)11-16)9-10-23(19)13-14-4-5-14;1-20-17(22)14-6-5-13-12-16-19(23)8-4-3-7-18(19,15(13)11-14)9-10-21(16)2;1-20-9-8-17-6-2-3-7-18(17,22)15(20)11-12-4-5-13(16(19)21)10-14(12)17;1-20-9-8-18-7-3-2-4-14(18)16(20)11-12-5-6-13(17(19)21)10-15(12)18;1-19-9-8-17-6-2-3-7-18(17,22)15(19)11-12-4-5-13(16(20)21)10-14(12)17/h5-6,11,14,18,25H,1-4,7-10,12-13H2,(H2,22,24);6-7,11,14,17,19H,1-5,8-10,12-13H2,(H2,22,24);5-6,11,16,23H,3-4,7-10,12H2,1-2H3,(H,20,22);4-5,10,15,22H,2-3,6-9,11H2,1H3,(H2,19,21);5-6,10,14,16H,2-4,7-9,11H2,1H3,(H2,19,21);4-5,10,15,22H,2-3,6-9,11H2,1H3,(H,20,21). The first-order valence-electron chi connectivity index (χ1n) is 53.4. The summed E-state index contributed by atoms with van der Waals surface area (Å²) in [6, 6.07) is 38.1. The Labute approximate surface area is 811 Å². The Bertz CT molecular complexity index is 5610. The minimum atomic E-state index is -0.881. The minimum Gasteiger partial charge on any atom is -0.478 e. The lowest BCUT2D eigenvalue weighted by Crippen LogP contribution is -2.72. The van der Waals surface area contributed by atoms with Crippen LogP contribution in [0.15, 0.2) is 109 Å². The number of nitrogens with one attached hydrogen (secondary N) is 1. The monoisotopic (exact) mass is 1860 g/mol. The topological polar surface area (TPSA) is 339 Å². The third-order valence-corrected chi connectivity index (χ3v) is 41.2. The average molecular weight is 1870 g/mol. The Hall–Kier alpha value is -8.26. The minimum absolute atomic E-state index is 0.0430. The number of aromatic carboxylic acids is 1. The van der Waals surface area contributed by atoms with Gasteiger partial charge in [0.2, 0.25) is 23.6 Å². The molecule has 0 spiro atoms. The lowest BCUT2D eigenvalue weighted by molar-refractivity contribution is -0.166. The number of carboxylic acid groups (broad SMARTS) is 1. The lowest BCUT2D eigenvalue weighted by Gasteiger charge is -2.64. The Morgan fingerprint density at radius 2 is 0.606 bits per heavy atom. The van der Waals surface area contributed by atoms with E-state index in [-0.39, 0.29) is 75.4 Å². The van der Waals surface area contributed by atoms with Crippen LogP contribution in [0.4, 0.5) is 0 Å². The molecule has 14 aliphatic carbocycles. The number of carbonyl (C=O) groups is 6. The second-order valence-corrected chi connectivity index (χ2v) is 47.2. The number of hydrogen-bond acceptors (Lipinski definition) is 16. The van der Waals surface area contributed by atoms with Gasteiger partial charge in [-0.25, -0.2) is 4.79 Å². The summed E-state index contributed by atoms with van der Waals surface area (Å²) in [5, 5.41) is 59.0. The third-order valence-electron chi connectivity index (χ3n) is 41.2. The fourth-order valence-electron chi connectivity index (χ4n) is 33.8. The summed E-state index contributed by atoms with van der Waals surface area (Å²) in [6.07, 6.45) is 45.0. The van der Waals surface area contributed by atoms with E-state index in [1.165, 1.54) is 184 Å². The van der Waals surface area contributed by atoms with E-state index in [2.05, 4.69) is 111 Å². The maximum atomic E-state index is 12.1. The number of likely N-dealkylation sites (N-methyl/N-ethyl adjacent to an activating group) is 4. The van der Waals surface area contributed by atoms with Crippen LogP contribution in [0, 0.1) is 23.7 Å². The maximum absolute atomic E-state index is 12.1. The largest absolute Gasteiger partial charge is 0.478 e. The van der Waals surface area contributed by atoms with Gasteiger partial charge in [-0.05, 0) is 410 Å². The van der Waals surface area contributed by atoms with Crippen molar-refractivity contribution in [3.63, 3.8) is 0 Å². The average Bonchev–Trinajstić information content (AvgIpc) is 1.69. The Morgan fingerprint density at radius 1 is 0.314 bits per heavy atom. The molecule has 137 heavy (non-hydrogen) atoms. The van der Waals surface area contributed by atoms with E-state index in [4.69, 9.17) is 22.9 Å². The van der Waals surface area contributed by atoms with Crippen molar-refractivity contribution in [1.29, 1.82) is 0 Å². The highest BCUT2D eigenvalue weighted by molar-refractivity contribution is 5.96. The molecule has 12 bridgehead atoms. The zero-order valence-electron chi connectivity index (χ0n) is 82.3. The molecule has 6 aliphatic heterocycles. The summed E-state index contributed by atoms with van der Waals surface area (Å²) in [6.45, 7) is 8.99. The number of hydrogen-bond donors (Lipinski definition) is 10. The van der Waals surface area contributed by atoms with Crippen molar-refractivity contribution < 1.29 is 54.3 Å². The molecule has 18 atom stereocenters. The molecule has 14 N–H and O–H groups in total. The van der Waals surface area contributed by atoms with Crippen LogP contribution < -0.4 is 28.3 Å². The number of carboxylic acids is 1. The number of rotatable bonds is 10. The van der Waals surface area contributed by atoms with Crippen molar-refractivity contribution in [1.82, 2.24) is 34.7 Å². The van der Waals surface area contributed by atoms with Crippen molar-refractivity contribution in [2.75, 3.05) is 87.6 Å². The Kier molecular flexibility index (Phi) is 25.0. The van der Waals surface area contributed by atoms with Crippen LogP contribution in [0.5, 0.6) is 0 Å². The number of fused-ring (bicyclic) bond motifs is 6. The van der Waals surface area contributed by atoms with E-state index in [0.717, 1.165) is 222 Å². The van der Waals surface area contributed by atoms with Crippen molar-refractivity contribution in [2.45, 2.75) is 348 Å². The molecule has 20 aliphatic rings. The number of benzene rings is 6. The predicted molar refractivity (Wildman–Crippen MR) is 532 cm³/mol. The molecule has 14 fully saturated rings. The molecule has 8 saturated carbocycles. The van der Waals surface area contributed by atoms with Gasteiger partial charge in [-0.2, -0.15) is 0 Å². The molecule has 26 rings (SSSR count). The number of nitrogens with two attached hydrogens (primary N) is 4. The molecule has 6 aromatic rings. The summed E-state index contributed by atoms with van der Waals surface area (Å²) in [7, 11) is 10.3. The molecule has 6 aromatic carbocycles. The highest BCUT2D eigenvalue weighted by Gasteiger charge is 2.68. The second-order valence-electron chi connectivity index (χ2n) is 47.2. The molecule has 0 radical (unpaired) electrons. The van der Waals surface area contributed by atoms with Gasteiger partial charge in [-0.3, -0.25) is 33.8 Å². The van der Waals surface area contributed by atoms with Crippen molar-refractivity contribution in [3.05, 3.63) is 209 Å². The number of carbonyl (C=O) groups excluding carboxylic acids is 5. The first-order valence-corrected chi connectivity index (χ1v) is 53.4. The smallest absolute Gasteiger partial charge is 0.335 e. The zero-order chi connectivity index (χ0) is 95.5. The number of likely N-dealkylation sites (tertiary alicyclic amines) is 6. The maximum Gasteiger partial charge on any atom is 0.335 e. The van der Waals surface area contributed by atoms with Crippen LogP contribution in [0.25, 0.3) is 0 Å².